The predicted molar refractivity (Wildman–Crippen MR) is 161 cm³/mol. The van der Waals surface area contributed by atoms with Gasteiger partial charge in [-0.25, -0.2) is 4.79 Å². The van der Waals surface area contributed by atoms with Gasteiger partial charge in [0, 0.05) is 25.0 Å². The molecule has 3 aromatic carbocycles. The topological polar surface area (TPSA) is 108 Å². The summed E-state index contributed by atoms with van der Waals surface area (Å²) in [6, 6.07) is 25.1. The molecule has 2 aliphatic rings. The average molecular weight is 570 g/mol. The lowest BCUT2D eigenvalue weighted by Gasteiger charge is -2.33. The third-order valence-corrected chi connectivity index (χ3v) is 8.42. The smallest absolute Gasteiger partial charge is 0.407 e. The van der Waals surface area contributed by atoms with Crippen LogP contribution in [0.1, 0.15) is 54.7 Å². The number of likely N-dealkylation sites (N-methyl/N-ethyl adjacent to an activating group) is 1. The molecule has 0 saturated heterocycles. The summed E-state index contributed by atoms with van der Waals surface area (Å²) < 4.78 is 5.76. The van der Waals surface area contributed by atoms with Gasteiger partial charge < -0.3 is 20.5 Å². The molecule has 0 radical (unpaired) electrons. The number of nitrogens with zero attached hydrogens (tertiary/aromatic N) is 1. The summed E-state index contributed by atoms with van der Waals surface area (Å²) in [5.74, 6) is -1.41. The molecule has 3 N–H and O–H groups in total. The molecule has 220 valence electrons. The van der Waals surface area contributed by atoms with Crippen LogP contribution >= 0.6 is 0 Å². The molecule has 42 heavy (non-hydrogen) atoms. The van der Waals surface area contributed by atoms with E-state index < -0.39 is 18.1 Å². The van der Waals surface area contributed by atoms with Gasteiger partial charge in [-0.05, 0) is 53.6 Å². The van der Waals surface area contributed by atoms with Gasteiger partial charge in [-0.3, -0.25) is 14.5 Å². The van der Waals surface area contributed by atoms with Gasteiger partial charge in [0.2, 0.25) is 5.91 Å². The first-order chi connectivity index (χ1) is 20.4. The summed E-state index contributed by atoms with van der Waals surface area (Å²) >= 11 is 0. The normalized spacial score (nSPS) is 18.5. The molecular weight excluding hydrogens is 530 g/mol. The highest BCUT2D eigenvalue weighted by atomic mass is 16.5. The number of fused-ring (bicyclic) bond motifs is 3. The lowest BCUT2D eigenvalue weighted by atomic mass is 9.82. The maximum Gasteiger partial charge on any atom is 0.407 e. The zero-order valence-corrected chi connectivity index (χ0v) is 24.0. The van der Waals surface area contributed by atoms with E-state index >= 15 is 0 Å². The summed E-state index contributed by atoms with van der Waals surface area (Å²) in [5.41, 5.74) is 5.61. The number of carbonyl (C=O) groups excluding carboxylic acids is 2. The summed E-state index contributed by atoms with van der Waals surface area (Å²) in [7, 11) is 1.90. The van der Waals surface area contributed by atoms with Crippen molar-refractivity contribution < 1.29 is 24.2 Å². The molecule has 0 aliphatic heterocycles. The SMILES string of the molecule is CN(Cc1ccccc1)CC(NC(=O)OCC1c2ccccc2-c2ccccc21)C(=O)NC1CCCCC1CC(=O)O. The van der Waals surface area contributed by atoms with Crippen molar-refractivity contribution >= 4 is 18.0 Å². The van der Waals surface area contributed by atoms with Crippen LogP contribution in [-0.4, -0.2) is 60.3 Å². The highest BCUT2D eigenvalue weighted by molar-refractivity contribution is 5.86. The third kappa shape index (κ3) is 7.18. The number of benzene rings is 3. The summed E-state index contributed by atoms with van der Waals surface area (Å²) in [6.07, 6.45) is 2.72. The van der Waals surface area contributed by atoms with Gasteiger partial charge in [0.15, 0.2) is 0 Å². The predicted octanol–water partition coefficient (Wildman–Crippen LogP) is 5.18. The van der Waals surface area contributed by atoms with Crippen LogP contribution in [0.5, 0.6) is 0 Å². The zero-order chi connectivity index (χ0) is 29.5. The number of aliphatic carboxylic acids is 1. The Morgan fingerprint density at radius 2 is 1.52 bits per heavy atom. The first kappa shape index (κ1) is 29.3. The minimum atomic E-state index is -0.873. The zero-order valence-electron chi connectivity index (χ0n) is 24.0. The van der Waals surface area contributed by atoms with Crippen molar-refractivity contribution in [2.24, 2.45) is 5.92 Å². The van der Waals surface area contributed by atoms with Crippen LogP contribution in [0, 0.1) is 5.92 Å². The number of amides is 2. The lowest BCUT2D eigenvalue weighted by Crippen LogP contribution is -2.55. The summed E-state index contributed by atoms with van der Waals surface area (Å²) in [6.45, 7) is 1.01. The number of carbonyl (C=O) groups is 3. The van der Waals surface area contributed by atoms with E-state index in [1.54, 1.807) is 0 Å². The van der Waals surface area contributed by atoms with Crippen molar-refractivity contribution in [2.45, 2.75) is 56.7 Å². The molecule has 2 amide bonds. The van der Waals surface area contributed by atoms with E-state index in [0.717, 1.165) is 53.5 Å². The second kappa shape index (κ2) is 13.7. The number of carboxylic acids is 1. The Hall–Kier alpha value is -4.17. The molecule has 3 aromatic rings. The number of carboxylic acid groups (broad SMARTS) is 1. The Labute approximate surface area is 247 Å². The number of ether oxygens (including phenoxy) is 1. The van der Waals surface area contributed by atoms with Crippen molar-refractivity contribution in [3.8, 4) is 11.1 Å². The second-order valence-corrected chi connectivity index (χ2v) is 11.5. The van der Waals surface area contributed by atoms with E-state index in [2.05, 4.69) is 34.9 Å². The van der Waals surface area contributed by atoms with E-state index in [0.29, 0.717) is 6.54 Å². The molecule has 0 bridgehead atoms. The van der Waals surface area contributed by atoms with Crippen LogP contribution in [0.3, 0.4) is 0 Å². The Kier molecular flexibility index (Phi) is 9.54. The van der Waals surface area contributed by atoms with E-state index in [9.17, 15) is 19.5 Å². The number of rotatable bonds is 11. The van der Waals surface area contributed by atoms with E-state index in [4.69, 9.17) is 4.74 Å². The Morgan fingerprint density at radius 3 is 2.19 bits per heavy atom. The standard InChI is InChI=1S/C34H39N3O5/c1-37(20-23-11-3-2-4-12-23)21-31(33(40)35-30-18-10-5-13-24(30)19-32(38)39)36-34(41)42-22-29-27-16-8-6-14-25(27)26-15-7-9-17-28(26)29/h2-4,6-9,11-12,14-17,24,29-31H,5,10,13,18-22H2,1H3,(H,35,40)(H,36,41)(H,38,39). The molecule has 3 atom stereocenters. The van der Waals surface area contributed by atoms with Gasteiger partial charge in [-0.2, -0.15) is 0 Å². The summed E-state index contributed by atoms with van der Waals surface area (Å²) in [4.78, 5) is 40.2. The van der Waals surface area contributed by atoms with Crippen LogP contribution in [-0.2, 0) is 20.9 Å². The van der Waals surface area contributed by atoms with E-state index in [1.165, 1.54) is 0 Å². The van der Waals surface area contributed by atoms with Crippen molar-refractivity contribution in [2.75, 3.05) is 20.2 Å². The fourth-order valence-electron chi connectivity index (χ4n) is 6.40. The molecule has 3 unspecified atom stereocenters. The average Bonchev–Trinajstić information content (AvgIpc) is 3.30. The lowest BCUT2D eigenvalue weighted by molar-refractivity contribution is -0.139. The monoisotopic (exact) mass is 569 g/mol. The van der Waals surface area contributed by atoms with Crippen LogP contribution < -0.4 is 10.6 Å². The van der Waals surface area contributed by atoms with Crippen LogP contribution in [0.15, 0.2) is 78.9 Å². The minimum absolute atomic E-state index is 0.0172. The number of alkyl carbamates (subject to hydrolysis) is 1. The molecule has 1 saturated carbocycles. The first-order valence-electron chi connectivity index (χ1n) is 14.7. The fourth-order valence-corrected chi connectivity index (χ4v) is 6.40. The number of hydrogen-bond donors (Lipinski definition) is 3. The third-order valence-electron chi connectivity index (χ3n) is 8.42. The van der Waals surface area contributed by atoms with Crippen LogP contribution in [0.2, 0.25) is 0 Å². The maximum absolute atomic E-state index is 13.6. The largest absolute Gasteiger partial charge is 0.481 e. The number of nitrogens with one attached hydrogen (secondary N) is 2. The Morgan fingerprint density at radius 1 is 0.905 bits per heavy atom. The van der Waals surface area contributed by atoms with E-state index in [-0.39, 0.29) is 43.4 Å². The van der Waals surface area contributed by atoms with Crippen molar-refractivity contribution in [3.05, 3.63) is 95.6 Å². The van der Waals surface area contributed by atoms with Gasteiger partial charge in [-0.15, -0.1) is 0 Å². The van der Waals surface area contributed by atoms with Gasteiger partial charge >= 0.3 is 12.1 Å². The molecule has 1 fully saturated rings. The Balaban J connectivity index is 1.26. The molecule has 8 nitrogen and oxygen atoms in total. The highest BCUT2D eigenvalue weighted by Gasteiger charge is 2.33. The minimum Gasteiger partial charge on any atom is -0.481 e. The number of hydrogen-bond acceptors (Lipinski definition) is 5. The molecule has 5 rings (SSSR count). The second-order valence-electron chi connectivity index (χ2n) is 11.5. The van der Waals surface area contributed by atoms with Gasteiger partial charge in [-0.1, -0.05) is 91.7 Å². The van der Waals surface area contributed by atoms with Crippen molar-refractivity contribution in [1.82, 2.24) is 15.5 Å². The quantitative estimate of drug-likeness (QED) is 0.294. The Bertz CT molecular complexity index is 1350. The van der Waals surface area contributed by atoms with Crippen LogP contribution in [0.25, 0.3) is 11.1 Å². The maximum atomic E-state index is 13.6. The fraction of sp³-hybridized carbons (Fsp3) is 0.382. The molecule has 2 aliphatic carbocycles. The van der Waals surface area contributed by atoms with Crippen molar-refractivity contribution in [1.29, 1.82) is 0 Å². The molecule has 0 aromatic heterocycles. The first-order valence-corrected chi connectivity index (χ1v) is 14.7. The highest BCUT2D eigenvalue weighted by Crippen LogP contribution is 2.44. The van der Waals surface area contributed by atoms with E-state index in [1.807, 2.05) is 66.5 Å². The summed E-state index contributed by atoms with van der Waals surface area (Å²) in [5, 5.41) is 15.3. The van der Waals surface area contributed by atoms with Crippen LogP contribution in [0.4, 0.5) is 4.79 Å². The van der Waals surface area contributed by atoms with Crippen molar-refractivity contribution in [3.63, 3.8) is 0 Å². The molecule has 0 spiro atoms. The van der Waals surface area contributed by atoms with Gasteiger partial charge in [0.1, 0.15) is 12.6 Å². The van der Waals surface area contributed by atoms with Gasteiger partial charge in [0.25, 0.3) is 0 Å². The molecule has 0 heterocycles. The van der Waals surface area contributed by atoms with Gasteiger partial charge in [0.05, 0.1) is 6.42 Å². The molecular formula is C34H39N3O5. The molecule has 8 heteroatoms.